The fourth-order valence-electron chi connectivity index (χ4n) is 5.21. The van der Waals surface area contributed by atoms with Gasteiger partial charge in [0.15, 0.2) is 28.7 Å². The molecule has 0 aliphatic carbocycles. The van der Waals surface area contributed by atoms with Gasteiger partial charge in [0.1, 0.15) is 6.61 Å². The van der Waals surface area contributed by atoms with Gasteiger partial charge >= 0.3 is 11.9 Å². The van der Waals surface area contributed by atoms with Gasteiger partial charge < -0.3 is 23.7 Å². The van der Waals surface area contributed by atoms with E-state index in [0.717, 1.165) is 11.3 Å². The number of thiazole rings is 1. The van der Waals surface area contributed by atoms with Crippen molar-refractivity contribution < 1.29 is 38.2 Å². The average Bonchev–Trinajstić information content (AvgIpc) is 3.40. The molecule has 1 aliphatic heterocycles. The molecule has 4 aromatic rings. The van der Waals surface area contributed by atoms with E-state index in [4.69, 9.17) is 42.1 Å². The molecule has 0 spiro atoms. The third-order valence-corrected chi connectivity index (χ3v) is 9.07. The third kappa shape index (κ3) is 8.25. The number of allylic oxidation sites excluding steroid dienone is 1. The molecule has 16 heteroatoms. The minimum absolute atomic E-state index is 0.0433. The molecule has 2 heterocycles. The number of hydrogen-bond acceptors (Lipinski definition) is 12. The number of carbonyl (C=O) groups is 2. The Morgan fingerprint density at radius 2 is 1.71 bits per heavy atom. The van der Waals surface area contributed by atoms with E-state index in [-0.39, 0.29) is 63.8 Å². The smallest absolute Gasteiger partial charge is 0.343 e. The summed E-state index contributed by atoms with van der Waals surface area (Å²) in [6, 6.07) is 13.0. The number of fused-ring (bicyclic) bond motifs is 1. The third-order valence-electron chi connectivity index (χ3n) is 7.52. The molecular formula is C35H31Cl2N3O10S. The van der Waals surface area contributed by atoms with E-state index < -0.39 is 28.5 Å². The number of carbonyl (C=O) groups excluding carboxylic acids is 2. The van der Waals surface area contributed by atoms with Gasteiger partial charge in [-0.15, -0.1) is 0 Å². The Morgan fingerprint density at radius 1 is 1.00 bits per heavy atom. The van der Waals surface area contributed by atoms with Gasteiger partial charge in [-0.05, 0) is 79.9 Å². The van der Waals surface area contributed by atoms with Crippen molar-refractivity contribution in [2.75, 3.05) is 26.9 Å². The van der Waals surface area contributed by atoms with Gasteiger partial charge in [0, 0.05) is 12.1 Å². The molecule has 0 unspecified atom stereocenters. The minimum atomic E-state index is -0.946. The molecule has 5 rings (SSSR count). The Bertz CT molecular complexity index is 2190. The molecule has 266 valence electrons. The number of nitro benzene ring substituents is 1. The Kier molecular flexibility index (Phi) is 11.8. The van der Waals surface area contributed by atoms with Crippen LogP contribution in [0.2, 0.25) is 10.0 Å². The summed E-state index contributed by atoms with van der Waals surface area (Å²) in [5.41, 5.74) is 1.74. The largest absolute Gasteiger partial charge is 0.490 e. The first-order chi connectivity index (χ1) is 24.4. The number of benzene rings is 3. The van der Waals surface area contributed by atoms with Crippen LogP contribution in [0.25, 0.3) is 6.08 Å². The highest BCUT2D eigenvalue weighted by Crippen LogP contribution is 2.37. The Hall–Kier alpha value is -5.18. The zero-order valence-corrected chi connectivity index (χ0v) is 30.1. The molecule has 0 N–H and O–H groups in total. The van der Waals surface area contributed by atoms with Gasteiger partial charge in [-0.3, -0.25) is 19.5 Å². The second kappa shape index (κ2) is 16.2. The second-order valence-corrected chi connectivity index (χ2v) is 12.7. The number of methoxy groups -OCH3 is 1. The van der Waals surface area contributed by atoms with Gasteiger partial charge in [0.05, 0.1) is 57.1 Å². The standard InChI is InChI=1S/C35H31Cl2N3O10S/c1-5-47-27-16-22(9-12-26(27)49-18-29(41)46-4)31-30(34(43)48-6-2)19(3)38-35-39(31)33(42)28(51-35)15-21-13-24(36)32(25(37)14-21)50-17-20-7-10-23(11-8-20)40(44)45/h7-16,31H,5-6,17-18H2,1-4H3/b28-15-/t31-/m0/s1. The molecule has 1 aromatic heterocycles. The highest BCUT2D eigenvalue weighted by atomic mass is 35.5. The van der Waals surface area contributed by atoms with E-state index in [1.165, 1.54) is 23.8 Å². The van der Waals surface area contributed by atoms with Crippen molar-refractivity contribution in [2.24, 2.45) is 4.99 Å². The van der Waals surface area contributed by atoms with E-state index in [9.17, 15) is 24.5 Å². The predicted molar refractivity (Wildman–Crippen MR) is 189 cm³/mol. The van der Waals surface area contributed by atoms with E-state index in [2.05, 4.69) is 9.73 Å². The number of nitro groups is 1. The van der Waals surface area contributed by atoms with Crippen LogP contribution in [-0.4, -0.2) is 48.4 Å². The average molecular weight is 757 g/mol. The van der Waals surface area contributed by atoms with Crippen molar-refractivity contribution in [3.63, 3.8) is 0 Å². The van der Waals surface area contributed by atoms with Crippen molar-refractivity contribution in [3.05, 3.63) is 122 Å². The lowest BCUT2D eigenvalue weighted by atomic mass is 9.95. The number of esters is 2. The summed E-state index contributed by atoms with van der Waals surface area (Å²) >= 11 is 14.2. The summed E-state index contributed by atoms with van der Waals surface area (Å²) < 4.78 is 29.0. The maximum atomic E-state index is 14.2. The topological polar surface area (TPSA) is 158 Å². The number of rotatable bonds is 13. The minimum Gasteiger partial charge on any atom is -0.490 e. The molecule has 0 saturated carbocycles. The van der Waals surface area contributed by atoms with Crippen molar-refractivity contribution in [1.29, 1.82) is 0 Å². The maximum Gasteiger partial charge on any atom is 0.343 e. The van der Waals surface area contributed by atoms with Crippen LogP contribution in [0.5, 0.6) is 17.2 Å². The maximum absolute atomic E-state index is 14.2. The lowest BCUT2D eigenvalue weighted by molar-refractivity contribution is -0.384. The first kappa shape index (κ1) is 37.1. The van der Waals surface area contributed by atoms with E-state index in [0.29, 0.717) is 32.9 Å². The van der Waals surface area contributed by atoms with Crippen molar-refractivity contribution in [1.82, 2.24) is 4.57 Å². The first-order valence-electron chi connectivity index (χ1n) is 15.5. The number of non-ortho nitro benzene ring substituents is 1. The number of nitrogens with zero attached hydrogens (tertiary/aromatic N) is 3. The quantitative estimate of drug-likeness (QED) is 0.0964. The molecule has 0 fully saturated rings. The van der Waals surface area contributed by atoms with Crippen LogP contribution < -0.4 is 29.1 Å². The molecule has 0 bridgehead atoms. The van der Waals surface area contributed by atoms with Crippen LogP contribution in [0.15, 0.2) is 75.7 Å². The molecule has 0 amide bonds. The lowest BCUT2D eigenvalue weighted by Crippen LogP contribution is -2.40. The molecular weight excluding hydrogens is 725 g/mol. The fraction of sp³-hybridized carbons (Fsp3) is 0.257. The summed E-state index contributed by atoms with van der Waals surface area (Å²) in [5.74, 6) is -0.451. The Morgan fingerprint density at radius 3 is 2.33 bits per heavy atom. The summed E-state index contributed by atoms with van der Waals surface area (Å²) in [4.78, 5) is 54.6. The molecule has 0 saturated heterocycles. The normalized spacial score (nSPS) is 14.0. The molecule has 51 heavy (non-hydrogen) atoms. The van der Waals surface area contributed by atoms with E-state index in [1.807, 2.05) is 0 Å². The number of hydrogen-bond donors (Lipinski definition) is 0. The monoisotopic (exact) mass is 755 g/mol. The van der Waals surface area contributed by atoms with Crippen molar-refractivity contribution in [2.45, 2.75) is 33.4 Å². The highest BCUT2D eigenvalue weighted by Gasteiger charge is 2.34. The van der Waals surface area contributed by atoms with Crippen LogP contribution in [0.1, 0.15) is 43.5 Å². The zero-order chi connectivity index (χ0) is 36.8. The molecule has 1 aliphatic rings. The number of aromatic nitrogens is 1. The summed E-state index contributed by atoms with van der Waals surface area (Å²) in [6.07, 6.45) is 1.61. The number of ether oxygens (including phenoxy) is 5. The van der Waals surface area contributed by atoms with Gasteiger partial charge in [0.2, 0.25) is 0 Å². The predicted octanol–water partition coefficient (Wildman–Crippen LogP) is 5.54. The SMILES string of the molecule is CCOC(=O)C1=C(C)N=c2s/c(=C\c3cc(Cl)c(OCc4ccc([N+](=O)[O-])cc4)c(Cl)c3)c(=O)n2[C@H]1c1ccc(OCC(=O)OC)c(OCC)c1. The summed E-state index contributed by atoms with van der Waals surface area (Å²) in [7, 11) is 1.25. The summed E-state index contributed by atoms with van der Waals surface area (Å²) in [6.45, 7) is 5.22. The van der Waals surface area contributed by atoms with Crippen LogP contribution in [-0.2, 0) is 25.7 Å². The first-order valence-corrected chi connectivity index (χ1v) is 17.0. The zero-order valence-electron chi connectivity index (χ0n) is 27.8. The van der Waals surface area contributed by atoms with Gasteiger partial charge in [-0.2, -0.15) is 0 Å². The van der Waals surface area contributed by atoms with Gasteiger partial charge in [-0.25, -0.2) is 14.6 Å². The van der Waals surface area contributed by atoms with Crippen LogP contribution in [0, 0.1) is 10.1 Å². The van der Waals surface area contributed by atoms with E-state index >= 15 is 0 Å². The molecule has 1 atom stereocenters. The Labute approximate surface area is 305 Å². The van der Waals surface area contributed by atoms with Gasteiger partial charge in [-0.1, -0.05) is 40.6 Å². The van der Waals surface area contributed by atoms with E-state index in [1.54, 1.807) is 69.3 Å². The fourth-order valence-corrected chi connectivity index (χ4v) is 6.87. The Balaban J connectivity index is 1.54. The molecule has 13 nitrogen and oxygen atoms in total. The second-order valence-electron chi connectivity index (χ2n) is 10.8. The van der Waals surface area contributed by atoms with Crippen LogP contribution in [0.4, 0.5) is 5.69 Å². The molecule has 3 aromatic carbocycles. The number of halogens is 2. The summed E-state index contributed by atoms with van der Waals surface area (Å²) in [5, 5.41) is 11.3. The van der Waals surface area contributed by atoms with Crippen molar-refractivity contribution >= 4 is 58.2 Å². The van der Waals surface area contributed by atoms with Crippen LogP contribution in [0.3, 0.4) is 0 Å². The molecule has 0 radical (unpaired) electrons. The van der Waals surface area contributed by atoms with Crippen LogP contribution >= 0.6 is 34.5 Å². The van der Waals surface area contributed by atoms with Gasteiger partial charge in [0.25, 0.3) is 11.2 Å². The lowest BCUT2D eigenvalue weighted by Gasteiger charge is -2.25. The van der Waals surface area contributed by atoms with Crippen molar-refractivity contribution in [3.8, 4) is 17.2 Å². The highest BCUT2D eigenvalue weighted by molar-refractivity contribution is 7.07.